The zero-order chi connectivity index (χ0) is 38.2. The zero-order valence-corrected chi connectivity index (χ0v) is 32.7. The lowest BCUT2D eigenvalue weighted by molar-refractivity contribution is -0.00518. The summed E-state index contributed by atoms with van der Waals surface area (Å²) in [6, 6.07) is 67.0. The van der Waals surface area contributed by atoms with E-state index in [4.69, 9.17) is 4.42 Å². The molecule has 4 bridgehead atoms. The number of furan rings is 1. The van der Waals surface area contributed by atoms with Crippen LogP contribution in [0.3, 0.4) is 0 Å². The lowest BCUT2D eigenvalue weighted by atomic mass is 9.48. The maximum absolute atomic E-state index is 6.33. The molecule has 280 valence electrons. The number of nitrogens with zero attached hydrogens (tertiary/aromatic N) is 1. The second-order valence-corrected chi connectivity index (χ2v) is 17.6. The number of anilines is 3. The van der Waals surface area contributed by atoms with Gasteiger partial charge in [0.1, 0.15) is 11.2 Å². The molecule has 0 spiro atoms. The van der Waals surface area contributed by atoms with Crippen molar-refractivity contribution in [3.8, 4) is 33.4 Å². The fourth-order valence-corrected chi connectivity index (χ4v) is 11.8. The molecule has 58 heavy (non-hydrogen) atoms. The van der Waals surface area contributed by atoms with Gasteiger partial charge in [0, 0.05) is 27.8 Å². The van der Waals surface area contributed by atoms with E-state index < -0.39 is 0 Å². The molecule has 13 rings (SSSR count). The molecule has 0 aliphatic heterocycles. The van der Waals surface area contributed by atoms with E-state index in [1.54, 1.807) is 5.56 Å². The van der Waals surface area contributed by atoms with Gasteiger partial charge in [-0.1, -0.05) is 127 Å². The summed E-state index contributed by atoms with van der Waals surface area (Å²) in [7, 11) is 0. The molecule has 0 N–H and O–H groups in total. The van der Waals surface area contributed by atoms with Gasteiger partial charge in [0.25, 0.3) is 0 Å². The standard InChI is InChI=1S/C56H45NO/c1-2-9-40(10-3-1)49-16-7-11-42-12-8-17-50(55(42)49)41-19-24-46(25-20-41)57(47-26-22-45(23-27-47)56-34-37-29-38(35-56)31-39(30-37)36-56)48-14-6-13-43(32-48)44-21-28-52-51-15-4-5-18-53(51)58-54(52)33-44/h1-28,32-33,37-39H,29-31,34-36H2. The molecule has 4 saturated carbocycles. The Kier molecular flexibility index (Phi) is 7.76. The van der Waals surface area contributed by atoms with Gasteiger partial charge in [-0.25, -0.2) is 0 Å². The highest BCUT2D eigenvalue weighted by atomic mass is 16.3. The quantitative estimate of drug-likeness (QED) is 0.161. The Morgan fingerprint density at radius 2 is 0.966 bits per heavy atom. The minimum Gasteiger partial charge on any atom is -0.456 e. The molecule has 9 aromatic rings. The Labute approximate surface area is 340 Å². The number of rotatable bonds is 7. The van der Waals surface area contributed by atoms with Crippen LogP contribution in [0.2, 0.25) is 0 Å². The van der Waals surface area contributed by atoms with Crippen molar-refractivity contribution < 1.29 is 4.42 Å². The molecule has 0 unspecified atom stereocenters. The van der Waals surface area contributed by atoms with Crippen LogP contribution in [0.15, 0.2) is 186 Å². The first-order valence-electron chi connectivity index (χ1n) is 21.2. The molecule has 0 saturated heterocycles. The van der Waals surface area contributed by atoms with Crippen molar-refractivity contribution in [3.05, 3.63) is 188 Å². The Bertz CT molecular complexity index is 2930. The van der Waals surface area contributed by atoms with Gasteiger partial charge >= 0.3 is 0 Å². The first-order valence-corrected chi connectivity index (χ1v) is 21.2. The molecule has 0 amide bonds. The van der Waals surface area contributed by atoms with Crippen molar-refractivity contribution in [2.75, 3.05) is 4.90 Å². The topological polar surface area (TPSA) is 16.4 Å². The Balaban J connectivity index is 0.955. The van der Waals surface area contributed by atoms with Crippen molar-refractivity contribution in [2.24, 2.45) is 17.8 Å². The van der Waals surface area contributed by atoms with Crippen molar-refractivity contribution in [1.82, 2.24) is 0 Å². The summed E-state index contributed by atoms with van der Waals surface area (Å²) in [6.45, 7) is 0. The van der Waals surface area contributed by atoms with Gasteiger partial charge in [-0.3, -0.25) is 0 Å². The van der Waals surface area contributed by atoms with Crippen LogP contribution in [0.5, 0.6) is 0 Å². The first kappa shape index (κ1) is 33.7. The molecule has 2 nitrogen and oxygen atoms in total. The van der Waals surface area contributed by atoms with E-state index in [0.717, 1.165) is 62.2 Å². The second kappa shape index (κ2) is 13.4. The van der Waals surface area contributed by atoms with E-state index in [1.807, 2.05) is 6.07 Å². The third-order valence-electron chi connectivity index (χ3n) is 14.0. The number of benzene rings is 8. The third kappa shape index (κ3) is 5.61. The molecule has 0 atom stereocenters. The van der Waals surface area contributed by atoms with Crippen molar-refractivity contribution in [1.29, 1.82) is 0 Å². The lowest BCUT2D eigenvalue weighted by Gasteiger charge is -2.57. The summed E-state index contributed by atoms with van der Waals surface area (Å²) in [5.74, 6) is 2.77. The minimum atomic E-state index is 0.367. The molecular weight excluding hydrogens is 703 g/mol. The summed E-state index contributed by atoms with van der Waals surface area (Å²) in [5, 5.41) is 4.85. The fourth-order valence-electron chi connectivity index (χ4n) is 11.8. The second-order valence-electron chi connectivity index (χ2n) is 17.6. The van der Waals surface area contributed by atoms with Crippen molar-refractivity contribution >= 4 is 49.8 Å². The molecule has 2 heteroatoms. The summed E-state index contributed by atoms with van der Waals surface area (Å²) in [5.41, 5.74) is 14.5. The normalized spacial score (nSPS) is 20.9. The Hall–Kier alpha value is -6.38. The summed E-state index contributed by atoms with van der Waals surface area (Å²) < 4.78 is 6.33. The molecular formula is C56H45NO. The Morgan fingerprint density at radius 3 is 1.67 bits per heavy atom. The average molecular weight is 748 g/mol. The number of hydrogen-bond donors (Lipinski definition) is 0. The molecule has 4 aliphatic carbocycles. The highest BCUT2D eigenvalue weighted by Crippen LogP contribution is 2.61. The molecule has 4 fully saturated rings. The van der Waals surface area contributed by atoms with Crippen LogP contribution in [0.25, 0.3) is 66.1 Å². The smallest absolute Gasteiger partial charge is 0.136 e. The summed E-state index contributed by atoms with van der Waals surface area (Å²) in [6.07, 6.45) is 8.52. The van der Waals surface area contributed by atoms with E-state index in [2.05, 4.69) is 181 Å². The average Bonchev–Trinajstić information content (AvgIpc) is 3.65. The van der Waals surface area contributed by atoms with E-state index in [-0.39, 0.29) is 0 Å². The van der Waals surface area contributed by atoms with Gasteiger partial charge in [0.2, 0.25) is 0 Å². The van der Waals surface area contributed by atoms with Gasteiger partial charge in [-0.05, 0) is 166 Å². The maximum Gasteiger partial charge on any atom is 0.136 e. The molecule has 0 radical (unpaired) electrons. The zero-order valence-electron chi connectivity index (χ0n) is 32.7. The lowest BCUT2D eigenvalue weighted by Crippen LogP contribution is -2.48. The van der Waals surface area contributed by atoms with E-state index in [1.165, 1.54) is 77.2 Å². The van der Waals surface area contributed by atoms with E-state index in [0.29, 0.717) is 5.41 Å². The molecule has 4 aliphatic rings. The molecule has 1 aromatic heterocycles. The van der Waals surface area contributed by atoms with Gasteiger partial charge in [-0.2, -0.15) is 0 Å². The predicted octanol–water partition coefficient (Wildman–Crippen LogP) is 15.7. The Morgan fingerprint density at radius 1 is 0.414 bits per heavy atom. The van der Waals surface area contributed by atoms with Gasteiger partial charge in [0.15, 0.2) is 0 Å². The van der Waals surface area contributed by atoms with Crippen LogP contribution in [0.1, 0.15) is 44.1 Å². The van der Waals surface area contributed by atoms with E-state index >= 15 is 0 Å². The highest BCUT2D eigenvalue weighted by molar-refractivity contribution is 6.07. The van der Waals surface area contributed by atoms with Crippen LogP contribution in [-0.2, 0) is 5.41 Å². The minimum absolute atomic E-state index is 0.367. The highest BCUT2D eigenvalue weighted by Gasteiger charge is 2.51. The third-order valence-corrected chi connectivity index (χ3v) is 14.0. The largest absolute Gasteiger partial charge is 0.456 e. The molecule has 1 heterocycles. The van der Waals surface area contributed by atoms with Crippen LogP contribution < -0.4 is 4.90 Å². The SMILES string of the molecule is c1ccc(-c2cccc3cccc(-c4ccc(N(c5ccc(C67CC8CC(CC(C8)C6)C7)cc5)c5cccc(-c6ccc7c(c6)oc6ccccc67)c5)cc4)c23)cc1. The van der Waals surface area contributed by atoms with Crippen molar-refractivity contribution in [2.45, 2.75) is 43.9 Å². The number of fused-ring (bicyclic) bond motifs is 4. The number of hydrogen-bond acceptors (Lipinski definition) is 2. The van der Waals surface area contributed by atoms with Crippen LogP contribution >= 0.6 is 0 Å². The van der Waals surface area contributed by atoms with Gasteiger partial charge < -0.3 is 9.32 Å². The van der Waals surface area contributed by atoms with Crippen LogP contribution in [0, 0.1) is 17.8 Å². The molecule has 8 aromatic carbocycles. The van der Waals surface area contributed by atoms with Gasteiger partial charge in [0.05, 0.1) is 0 Å². The summed E-state index contributed by atoms with van der Waals surface area (Å²) in [4.78, 5) is 2.44. The van der Waals surface area contributed by atoms with Crippen molar-refractivity contribution in [3.63, 3.8) is 0 Å². The number of para-hydroxylation sites is 1. The van der Waals surface area contributed by atoms with Crippen LogP contribution in [0.4, 0.5) is 17.1 Å². The van der Waals surface area contributed by atoms with E-state index in [9.17, 15) is 0 Å². The predicted molar refractivity (Wildman–Crippen MR) is 242 cm³/mol. The van der Waals surface area contributed by atoms with Gasteiger partial charge in [-0.15, -0.1) is 0 Å². The van der Waals surface area contributed by atoms with Crippen LogP contribution in [-0.4, -0.2) is 0 Å². The fraction of sp³-hybridized carbons (Fsp3) is 0.179. The summed E-state index contributed by atoms with van der Waals surface area (Å²) >= 11 is 0. The maximum atomic E-state index is 6.33. The first-order chi connectivity index (χ1) is 28.6. The monoisotopic (exact) mass is 747 g/mol.